The average molecular weight is 274 g/mol. The van der Waals surface area contributed by atoms with Gasteiger partial charge in [-0.25, -0.2) is 0 Å². The Bertz CT molecular complexity index is 546. The van der Waals surface area contributed by atoms with E-state index in [-0.39, 0.29) is 12.7 Å². The molecule has 20 heavy (non-hydrogen) atoms. The van der Waals surface area contributed by atoms with Crippen LogP contribution in [0.3, 0.4) is 0 Å². The highest BCUT2D eigenvalue weighted by Crippen LogP contribution is 2.34. The van der Waals surface area contributed by atoms with Crippen molar-refractivity contribution in [3.8, 4) is 11.5 Å². The molecule has 3 aliphatic rings. The Kier molecular flexibility index (Phi) is 2.80. The maximum Gasteiger partial charge on any atom is 0.254 e. The maximum atomic E-state index is 12.7. The monoisotopic (exact) mass is 274 g/mol. The van der Waals surface area contributed by atoms with Crippen molar-refractivity contribution in [2.75, 3.05) is 26.4 Å². The van der Waals surface area contributed by atoms with Gasteiger partial charge in [-0.15, -0.1) is 0 Å². The van der Waals surface area contributed by atoms with Gasteiger partial charge in [-0.05, 0) is 37.0 Å². The molecule has 1 N–H and O–H groups in total. The molecule has 2 saturated heterocycles. The molecule has 2 unspecified atom stereocenters. The van der Waals surface area contributed by atoms with E-state index in [9.17, 15) is 4.79 Å². The molecule has 2 atom stereocenters. The lowest BCUT2D eigenvalue weighted by Crippen LogP contribution is -2.48. The lowest BCUT2D eigenvalue weighted by atomic mass is 9.91. The minimum Gasteiger partial charge on any atom is -0.454 e. The summed E-state index contributed by atoms with van der Waals surface area (Å²) in [6, 6.07) is 5.81. The fourth-order valence-corrected chi connectivity index (χ4v) is 3.52. The van der Waals surface area contributed by atoms with Crippen LogP contribution in [0.5, 0.6) is 11.5 Å². The number of carbonyl (C=O) groups is 1. The van der Waals surface area contributed by atoms with Crippen LogP contribution in [0, 0.1) is 5.92 Å². The third-order valence-corrected chi connectivity index (χ3v) is 4.56. The molecule has 2 fully saturated rings. The van der Waals surface area contributed by atoms with Crippen LogP contribution < -0.4 is 14.8 Å². The number of nitrogens with one attached hydrogen (secondary N) is 1. The van der Waals surface area contributed by atoms with Crippen molar-refractivity contribution >= 4 is 5.91 Å². The number of likely N-dealkylation sites (tertiary alicyclic amines) is 1. The molecule has 106 valence electrons. The molecule has 4 rings (SSSR count). The molecule has 0 aromatic heterocycles. The quantitative estimate of drug-likeness (QED) is 0.837. The minimum absolute atomic E-state index is 0.113. The number of fused-ring (bicyclic) bond motifs is 2. The Morgan fingerprint density at radius 3 is 3.10 bits per heavy atom. The highest BCUT2D eigenvalue weighted by molar-refractivity contribution is 5.95. The van der Waals surface area contributed by atoms with Gasteiger partial charge in [-0.3, -0.25) is 4.79 Å². The second-order valence-electron chi connectivity index (χ2n) is 5.69. The fraction of sp³-hybridized carbons (Fsp3) is 0.533. The first-order valence-electron chi connectivity index (χ1n) is 7.24. The van der Waals surface area contributed by atoms with Gasteiger partial charge in [0.15, 0.2) is 11.5 Å². The number of nitrogens with zero attached hydrogens (tertiary/aromatic N) is 1. The van der Waals surface area contributed by atoms with Crippen LogP contribution in [0.2, 0.25) is 0 Å². The standard InChI is InChI=1S/C15H18N2O3/c18-15(10-3-4-13-14(6-10)20-9-19-13)17-5-1-2-11-7-16-8-12(11)17/h3-4,6,11-12,16H,1-2,5,7-9H2. The summed E-state index contributed by atoms with van der Waals surface area (Å²) in [4.78, 5) is 14.8. The van der Waals surface area contributed by atoms with Gasteiger partial charge >= 0.3 is 0 Å². The molecule has 0 radical (unpaired) electrons. The van der Waals surface area contributed by atoms with Crippen LogP contribution in [0.15, 0.2) is 18.2 Å². The fourth-order valence-electron chi connectivity index (χ4n) is 3.52. The van der Waals surface area contributed by atoms with E-state index in [0.717, 1.165) is 31.8 Å². The van der Waals surface area contributed by atoms with E-state index in [2.05, 4.69) is 5.32 Å². The van der Waals surface area contributed by atoms with Gasteiger partial charge in [0.05, 0.1) is 0 Å². The SMILES string of the molecule is O=C(c1ccc2c(c1)OCO2)N1CCCC2CNCC21. The second kappa shape index (κ2) is 4.66. The third kappa shape index (κ3) is 1.85. The van der Waals surface area contributed by atoms with E-state index < -0.39 is 0 Å². The maximum absolute atomic E-state index is 12.7. The zero-order chi connectivity index (χ0) is 13.5. The Morgan fingerprint density at radius 2 is 2.15 bits per heavy atom. The molecule has 0 saturated carbocycles. The van der Waals surface area contributed by atoms with Crippen LogP contribution in [0.4, 0.5) is 0 Å². The molecule has 1 amide bonds. The van der Waals surface area contributed by atoms with E-state index in [1.54, 1.807) is 6.07 Å². The number of ether oxygens (including phenoxy) is 2. The van der Waals surface area contributed by atoms with Crippen molar-refractivity contribution in [2.24, 2.45) is 5.92 Å². The number of hydrogen-bond acceptors (Lipinski definition) is 4. The van der Waals surface area contributed by atoms with E-state index in [1.165, 1.54) is 6.42 Å². The van der Waals surface area contributed by atoms with Crippen molar-refractivity contribution in [2.45, 2.75) is 18.9 Å². The molecule has 0 aliphatic carbocycles. The smallest absolute Gasteiger partial charge is 0.254 e. The summed E-state index contributed by atoms with van der Waals surface area (Å²) in [6.07, 6.45) is 2.32. The van der Waals surface area contributed by atoms with Crippen LogP contribution in [0.25, 0.3) is 0 Å². The molecular formula is C15H18N2O3. The van der Waals surface area contributed by atoms with Crippen molar-refractivity contribution < 1.29 is 14.3 Å². The highest BCUT2D eigenvalue weighted by Gasteiger charge is 2.37. The average Bonchev–Trinajstić information content (AvgIpc) is 3.13. The molecule has 5 heteroatoms. The summed E-state index contributed by atoms with van der Waals surface area (Å²) in [5, 5.41) is 3.40. The molecule has 3 heterocycles. The normalized spacial score (nSPS) is 27.5. The van der Waals surface area contributed by atoms with Gasteiger partial charge in [0.25, 0.3) is 5.91 Å². The van der Waals surface area contributed by atoms with Crippen LogP contribution in [-0.2, 0) is 0 Å². The summed E-state index contributed by atoms with van der Waals surface area (Å²) in [5.74, 6) is 2.12. The first kappa shape index (κ1) is 12.0. The van der Waals surface area contributed by atoms with Crippen molar-refractivity contribution in [3.05, 3.63) is 23.8 Å². The molecule has 1 aromatic rings. The summed E-state index contributed by atoms with van der Waals surface area (Å²) < 4.78 is 10.6. The molecule has 0 spiro atoms. The van der Waals surface area contributed by atoms with E-state index >= 15 is 0 Å². The van der Waals surface area contributed by atoms with Crippen molar-refractivity contribution in [1.29, 1.82) is 0 Å². The Labute approximate surface area is 117 Å². The topological polar surface area (TPSA) is 50.8 Å². The number of benzene rings is 1. The number of amides is 1. The number of hydrogen-bond donors (Lipinski definition) is 1. The zero-order valence-electron chi connectivity index (χ0n) is 11.3. The summed E-state index contributed by atoms with van der Waals surface area (Å²) in [5.41, 5.74) is 0.696. The van der Waals surface area contributed by atoms with Crippen LogP contribution in [-0.4, -0.2) is 43.3 Å². The van der Waals surface area contributed by atoms with Gasteiger partial charge in [-0.1, -0.05) is 0 Å². The third-order valence-electron chi connectivity index (χ3n) is 4.56. The summed E-state index contributed by atoms with van der Waals surface area (Å²) in [6.45, 7) is 3.05. The summed E-state index contributed by atoms with van der Waals surface area (Å²) in [7, 11) is 0. The zero-order valence-corrected chi connectivity index (χ0v) is 11.3. The van der Waals surface area contributed by atoms with E-state index in [1.807, 2.05) is 17.0 Å². The van der Waals surface area contributed by atoms with Crippen molar-refractivity contribution in [1.82, 2.24) is 10.2 Å². The lowest BCUT2D eigenvalue weighted by molar-refractivity contribution is 0.0574. The number of carbonyl (C=O) groups excluding carboxylic acids is 1. The number of rotatable bonds is 1. The Balaban J connectivity index is 1.60. The Morgan fingerprint density at radius 1 is 1.25 bits per heavy atom. The van der Waals surface area contributed by atoms with E-state index in [4.69, 9.17) is 9.47 Å². The molecule has 5 nitrogen and oxygen atoms in total. The van der Waals surface area contributed by atoms with Crippen molar-refractivity contribution in [3.63, 3.8) is 0 Å². The molecular weight excluding hydrogens is 256 g/mol. The molecule has 3 aliphatic heterocycles. The molecule has 1 aromatic carbocycles. The van der Waals surface area contributed by atoms with Crippen LogP contribution in [0.1, 0.15) is 23.2 Å². The van der Waals surface area contributed by atoms with Gasteiger partial charge in [0.2, 0.25) is 6.79 Å². The van der Waals surface area contributed by atoms with Crippen LogP contribution >= 0.6 is 0 Å². The Hall–Kier alpha value is -1.75. The number of piperidine rings is 1. The molecule has 0 bridgehead atoms. The second-order valence-corrected chi connectivity index (χ2v) is 5.69. The first-order valence-corrected chi connectivity index (χ1v) is 7.24. The predicted octanol–water partition coefficient (Wildman–Crippen LogP) is 1.24. The van der Waals surface area contributed by atoms with Gasteiger partial charge in [0.1, 0.15) is 0 Å². The van der Waals surface area contributed by atoms with Gasteiger partial charge in [-0.2, -0.15) is 0 Å². The lowest BCUT2D eigenvalue weighted by Gasteiger charge is -2.37. The van der Waals surface area contributed by atoms with Gasteiger partial charge < -0.3 is 19.7 Å². The summed E-state index contributed by atoms with van der Waals surface area (Å²) >= 11 is 0. The highest BCUT2D eigenvalue weighted by atomic mass is 16.7. The largest absolute Gasteiger partial charge is 0.454 e. The van der Waals surface area contributed by atoms with E-state index in [0.29, 0.717) is 23.3 Å². The minimum atomic E-state index is 0.113. The predicted molar refractivity (Wildman–Crippen MR) is 73.0 cm³/mol. The first-order chi connectivity index (χ1) is 9.83. The van der Waals surface area contributed by atoms with Gasteiger partial charge in [0, 0.05) is 31.2 Å².